The second-order valence-corrected chi connectivity index (χ2v) is 7.09. The van der Waals surface area contributed by atoms with Crippen LogP contribution in [0.25, 0.3) is 0 Å². The lowest BCUT2D eigenvalue weighted by Crippen LogP contribution is -2.60. The molecule has 0 unspecified atom stereocenters. The van der Waals surface area contributed by atoms with Crippen LogP contribution in [0.2, 0.25) is 0 Å². The van der Waals surface area contributed by atoms with Gasteiger partial charge < -0.3 is 39.7 Å². The predicted octanol–water partition coefficient (Wildman–Crippen LogP) is -0.562. The molecule has 28 heavy (non-hydrogen) atoms. The fraction of sp³-hybridized carbons (Fsp3) is 0.526. The molecule has 0 radical (unpaired) electrons. The largest absolute Gasteiger partial charge is 0.479 e. The first kappa shape index (κ1) is 20.7. The number of Topliss-reactive ketones (excluding diaryl/α,β-unsaturated/α-hetero) is 1. The fourth-order valence-electron chi connectivity index (χ4n) is 3.27. The van der Waals surface area contributed by atoms with Crippen molar-refractivity contribution < 1.29 is 44.5 Å². The SMILES string of the molecule is C=C(C)[C@H]1Oc2c(O[C@H]3O[C@@H](CO)[C@H](O)[C@@H](O)[C@@H]3O)cc(C(C)=O)cc2[C@@H]1O. The summed E-state index contributed by atoms with van der Waals surface area (Å²) in [7, 11) is 0. The van der Waals surface area contributed by atoms with Crippen molar-refractivity contribution in [3.05, 3.63) is 35.4 Å². The number of benzene rings is 1. The minimum atomic E-state index is -1.63. The van der Waals surface area contributed by atoms with Gasteiger partial charge >= 0.3 is 0 Å². The van der Waals surface area contributed by atoms with Gasteiger partial charge in [-0.2, -0.15) is 0 Å². The molecule has 154 valence electrons. The van der Waals surface area contributed by atoms with Crippen LogP contribution in [-0.4, -0.2) is 74.7 Å². The molecule has 2 heterocycles. The van der Waals surface area contributed by atoms with E-state index in [-0.39, 0.29) is 22.8 Å². The molecule has 0 saturated carbocycles. The summed E-state index contributed by atoms with van der Waals surface area (Å²) in [5.74, 6) is -0.121. The van der Waals surface area contributed by atoms with Gasteiger partial charge in [0.05, 0.1) is 6.61 Å². The maximum Gasteiger partial charge on any atom is 0.229 e. The molecular weight excluding hydrogens is 372 g/mol. The molecule has 2 aliphatic heterocycles. The summed E-state index contributed by atoms with van der Waals surface area (Å²) in [6, 6.07) is 2.86. The summed E-state index contributed by atoms with van der Waals surface area (Å²) in [6.45, 7) is 6.20. The van der Waals surface area contributed by atoms with Gasteiger partial charge in [-0.3, -0.25) is 4.79 Å². The molecule has 5 N–H and O–H groups in total. The molecule has 1 aromatic rings. The number of fused-ring (bicyclic) bond motifs is 1. The van der Waals surface area contributed by atoms with E-state index in [4.69, 9.17) is 14.2 Å². The van der Waals surface area contributed by atoms with Gasteiger partial charge in [-0.15, -0.1) is 0 Å². The maximum atomic E-state index is 11.9. The summed E-state index contributed by atoms with van der Waals surface area (Å²) < 4.78 is 16.7. The number of hydrogen-bond acceptors (Lipinski definition) is 9. The zero-order valence-corrected chi connectivity index (χ0v) is 15.5. The van der Waals surface area contributed by atoms with Crippen LogP contribution in [0.3, 0.4) is 0 Å². The van der Waals surface area contributed by atoms with Crippen molar-refractivity contribution >= 4 is 5.78 Å². The Labute approximate surface area is 161 Å². The molecule has 0 spiro atoms. The van der Waals surface area contributed by atoms with Crippen LogP contribution in [0.5, 0.6) is 11.5 Å². The number of aliphatic hydroxyl groups is 5. The Morgan fingerprint density at radius 2 is 1.82 bits per heavy atom. The summed E-state index contributed by atoms with van der Waals surface area (Å²) in [4.78, 5) is 11.9. The van der Waals surface area contributed by atoms with Gasteiger partial charge in [-0.05, 0) is 31.6 Å². The van der Waals surface area contributed by atoms with E-state index >= 15 is 0 Å². The Bertz CT molecular complexity index is 775. The van der Waals surface area contributed by atoms with Crippen molar-refractivity contribution in [2.75, 3.05) is 6.61 Å². The van der Waals surface area contributed by atoms with Crippen molar-refractivity contribution in [3.8, 4) is 11.5 Å². The summed E-state index contributed by atoms with van der Waals surface area (Å²) in [6.07, 6.45) is -9.18. The Hall–Kier alpha value is -2.01. The Kier molecular flexibility index (Phi) is 5.76. The first-order chi connectivity index (χ1) is 13.1. The number of ether oxygens (including phenoxy) is 3. The topological polar surface area (TPSA) is 146 Å². The van der Waals surface area contributed by atoms with Crippen LogP contribution >= 0.6 is 0 Å². The standard InChI is InChI=1S/C19H24O9/c1-7(2)17-13(22)10-4-9(8(3)21)5-11(18(10)28-17)26-19-16(25)15(24)14(23)12(6-20)27-19/h4-5,12-17,19-20,22-25H,1,6H2,2-3H3/t12-,13-,14-,15+,16-,17+,19-/m0/s1. The maximum absolute atomic E-state index is 11.9. The normalized spacial score (nSPS) is 34.5. The highest BCUT2D eigenvalue weighted by Crippen LogP contribution is 2.46. The van der Waals surface area contributed by atoms with Crippen molar-refractivity contribution in [2.24, 2.45) is 0 Å². The number of carbonyl (C=O) groups is 1. The van der Waals surface area contributed by atoms with Gasteiger partial charge in [0.1, 0.15) is 36.6 Å². The molecule has 0 aliphatic carbocycles. The van der Waals surface area contributed by atoms with Gasteiger partial charge in [0.25, 0.3) is 0 Å². The van der Waals surface area contributed by atoms with Crippen molar-refractivity contribution in [2.45, 2.75) is 56.8 Å². The highest BCUT2D eigenvalue weighted by atomic mass is 16.7. The van der Waals surface area contributed by atoms with E-state index in [0.717, 1.165) is 0 Å². The van der Waals surface area contributed by atoms with E-state index in [9.17, 15) is 30.3 Å². The van der Waals surface area contributed by atoms with Crippen LogP contribution in [0.1, 0.15) is 35.9 Å². The van der Waals surface area contributed by atoms with E-state index in [1.807, 2.05) is 0 Å². The summed E-state index contributed by atoms with van der Waals surface area (Å²) in [5.41, 5.74) is 1.12. The molecule has 0 aromatic heterocycles. The van der Waals surface area contributed by atoms with Gasteiger partial charge in [0, 0.05) is 11.1 Å². The highest BCUT2D eigenvalue weighted by Gasteiger charge is 2.45. The van der Waals surface area contributed by atoms with E-state index in [2.05, 4.69) is 6.58 Å². The number of ketones is 1. The molecule has 0 amide bonds. The Morgan fingerprint density at radius 1 is 1.14 bits per heavy atom. The molecule has 3 rings (SSSR count). The molecule has 0 bridgehead atoms. The third kappa shape index (κ3) is 3.52. The number of rotatable bonds is 5. The first-order valence-electron chi connectivity index (χ1n) is 8.81. The minimum absolute atomic E-state index is 0.00910. The molecule has 9 heteroatoms. The summed E-state index contributed by atoms with van der Waals surface area (Å²) >= 11 is 0. The molecule has 1 saturated heterocycles. The summed E-state index contributed by atoms with van der Waals surface area (Å²) in [5, 5.41) is 49.8. The fourth-order valence-corrected chi connectivity index (χ4v) is 3.27. The number of carbonyl (C=O) groups excluding carboxylic acids is 1. The van der Waals surface area contributed by atoms with E-state index < -0.39 is 49.5 Å². The molecule has 7 atom stereocenters. The van der Waals surface area contributed by atoms with Crippen LogP contribution in [0.15, 0.2) is 24.3 Å². The average Bonchev–Trinajstić information content (AvgIpc) is 2.99. The predicted molar refractivity (Wildman–Crippen MR) is 95.0 cm³/mol. The van der Waals surface area contributed by atoms with Crippen LogP contribution in [0.4, 0.5) is 0 Å². The average molecular weight is 396 g/mol. The third-order valence-corrected chi connectivity index (χ3v) is 4.92. The number of aliphatic hydroxyl groups excluding tert-OH is 5. The molecule has 1 aromatic carbocycles. The molecular formula is C19H24O9. The van der Waals surface area contributed by atoms with E-state index in [1.165, 1.54) is 19.1 Å². The van der Waals surface area contributed by atoms with Crippen LogP contribution in [0, 0.1) is 0 Å². The van der Waals surface area contributed by atoms with Gasteiger partial charge in [-0.1, -0.05) is 6.58 Å². The van der Waals surface area contributed by atoms with Crippen molar-refractivity contribution in [3.63, 3.8) is 0 Å². The minimum Gasteiger partial charge on any atom is -0.479 e. The highest BCUT2D eigenvalue weighted by molar-refractivity contribution is 5.95. The van der Waals surface area contributed by atoms with E-state index in [1.54, 1.807) is 6.92 Å². The second kappa shape index (κ2) is 7.78. The smallest absolute Gasteiger partial charge is 0.229 e. The Morgan fingerprint density at radius 3 is 2.39 bits per heavy atom. The van der Waals surface area contributed by atoms with E-state index in [0.29, 0.717) is 11.1 Å². The number of hydrogen-bond donors (Lipinski definition) is 5. The van der Waals surface area contributed by atoms with Crippen LogP contribution in [-0.2, 0) is 4.74 Å². The zero-order valence-electron chi connectivity index (χ0n) is 15.5. The second-order valence-electron chi connectivity index (χ2n) is 7.09. The van der Waals surface area contributed by atoms with Gasteiger partial charge in [0.15, 0.2) is 17.3 Å². The zero-order chi connectivity index (χ0) is 20.7. The van der Waals surface area contributed by atoms with Crippen LogP contribution < -0.4 is 9.47 Å². The van der Waals surface area contributed by atoms with Gasteiger partial charge in [-0.25, -0.2) is 0 Å². The molecule has 1 fully saturated rings. The monoisotopic (exact) mass is 396 g/mol. The van der Waals surface area contributed by atoms with Crippen molar-refractivity contribution in [1.29, 1.82) is 0 Å². The molecule has 9 nitrogen and oxygen atoms in total. The quantitative estimate of drug-likeness (QED) is 0.326. The first-order valence-corrected chi connectivity index (χ1v) is 8.81. The van der Waals surface area contributed by atoms with Crippen molar-refractivity contribution in [1.82, 2.24) is 0 Å². The lowest BCUT2D eigenvalue weighted by molar-refractivity contribution is -0.277. The van der Waals surface area contributed by atoms with Gasteiger partial charge in [0.2, 0.25) is 6.29 Å². The molecule has 2 aliphatic rings. The third-order valence-electron chi connectivity index (χ3n) is 4.92. The lowest BCUT2D eigenvalue weighted by Gasteiger charge is -2.39. The Balaban J connectivity index is 1.97. The lowest BCUT2D eigenvalue weighted by atomic mass is 9.98.